The molecule has 0 bridgehead atoms. The van der Waals surface area contributed by atoms with Crippen LogP contribution in [0.5, 0.6) is 5.88 Å². The van der Waals surface area contributed by atoms with Crippen molar-refractivity contribution in [2.24, 2.45) is 0 Å². The second kappa shape index (κ2) is 6.57. The Hall–Kier alpha value is -3.25. The van der Waals surface area contributed by atoms with Crippen LogP contribution in [0.2, 0.25) is 5.02 Å². The summed E-state index contributed by atoms with van der Waals surface area (Å²) in [5.41, 5.74) is 1.78. The van der Waals surface area contributed by atoms with Crippen LogP contribution in [0.3, 0.4) is 0 Å². The van der Waals surface area contributed by atoms with Crippen LogP contribution in [0, 0.1) is 0 Å². The number of nitrogens with zero attached hydrogens (tertiary/aromatic N) is 4. The van der Waals surface area contributed by atoms with Gasteiger partial charge in [-0.1, -0.05) is 29.8 Å². The van der Waals surface area contributed by atoms with E-state index in [4.69, 9.17) is 11.6 Å². The minimum absolute atomic E-state index is 0.132. The Balaban J connectivity index is 2.03. The molecule has 0 spiro atoms. The fourth-order valence-electron chi connectivity index (χ4n) is 2.93. The lowest BCUT2D eigenvalue weighted by atomic mass is 10.1. The van der Waals surface area contributed by atoms with Crippen molar-refractivity contribution in [3.8, 4) is 17.0 Å². The maximum atomic E-state index is 13.0. The predicted octanol–water partition coefficient (Wildman–Crippen LogP) is 2.45. The monoisotopic (exact) mass is 365 g/mol. The van der Waals surface area contributed by atoms with Crippen LogP contribution in [-0.4, -0.2) is 19.5 Å². The first-order chi connectivity index (χ1) is 12.6. The van der Waals surface area contributed by atoms with Gasteiger partial charge in [0.15, 0.2) is 5.56 Å². The SMILES string of the molecule is O=c1c(-c2cccc(Cl)c2)c(O)[n+](Cc2cncnc2)c2ccccn12. The topological polar surface area (TPSA) is 71.4 Å². The van der Waals surface area contributed by atoms with Crippen LogP contribution < -0.4 is 10.1 Å². The Labute approximate surface area is 153 Å². The smallest absolute Gasteiger partial charge is 0.354 e. The van der Waals surface area contributed by atoms with Crippen molar-refractivity contribution in [1.82, 2.24) is 14.4 Å². The zero-order valence-electron chi connectivity index (χ0n) is 13.6. The van der Waals surface area contributed by atoms with Gasteiger partial charge in [0.1, 0.15) is 12.9 Å². The first-order valence-electron chi connectivity index (χ1n) is 7.91. The Kier molecular flexibility index (Phi) is 4.10. The van der Waals surface area contributed by atoms with Crippen molar-refractivity contribution >= 4 is 17.2 Å². The van der Waals surface area contributed by atoms with Crippen molar-refractivity contribution in [3.63, 3.8) is 0 Å². The summed E-state index contributed by atoms with van der Waals surface area (Å²) < 4.78 is 3.15. The third-order valence-corrected chi connectivity index (χ3v) is 4.33. The molecule has 0 saturated heterocycles. The van der Waals surface area contributed by atoms with E-state index in [1.54, 1.807) is 59.6 Å². The number of aromatic hydroxyl groups is 1. The van der Waals surface area contributed by atoms with E-state index in [9.17, 15) is 9.90 Å². The first kappa shape index (κ1) is 16.2. The Morgan fingerprint density at radius 3 is 2.69 bits per heavy atom. The highest BCUT2D eigenvalue weighted by molar-refractivity contribution is 6.30. The van der Waals surface area contributed by atoms with E-state index in [0.29, 0.717) is 22.8 Å². The molecule has 0 amide bonds. The van der Waals surface area contributed by atoms with E-state index in [1.165, 1.54) is 10.7 Å². The molecule has 0 atom stereocenters. The fourth-order valence-corrected chi connectivity index (χ4v) is 3.12. The van der Waals surface area contributed by atoms with Gasteiger partial charge in [-0.2, -0.15) is 8.97 Å². The molecule has 0 radical (unpaired) electrons. The fraction of sp³-hybridized carbons (Fsp3) is 0.0526. The largest absolute Gasteiger partial charge is 0.477 e. The molecule has 6 nitrogen and oxygen atoms in total. The van der Waals surface area contributed by atoms with Crippen LogP contribution in [0.15, 0.2) is 72.2 Å². The summed E-state index contributed by atoms with van der Waals surface area (Å²) in [5, 5.41) is 11.4. The van der Waals surface area contributed by atoms with E-state index in [-0.39, 0.29) is 17.0 Å². The van der Waals surface area contributed by atoms with Crippen molar-refractivity contribution in [2.75, 3.05) is 0 Å². The number of halogens is 1. The Morgan fingerprint density at radius 1 is 1.12 bits per heavy atom. The molecule has 0 aliphatic carbocycles. The molecule has 4 rings (SSSR count). The number of benzene rings is 1. The second-order valence-electron chi connectivity index (χ2n) is 5.78. The summed E-state index contributed by atoms with van der Waals surface area (Å²) in [4.78, 5) is 21.0. The molecule has 3 heterocycles. The normalized spacial score (nSPS) is 11.0. The zero-order chi connectivity index (χ0) is 18.1. The number of fused-ring (bicyclic) bond motifs is 1. The highest BCUT2D eigenvalue weighted by Gasteiger charge is 2.25. The standard InChI is InChI=1S/C19H13ClN4O2/c20-15-5-3-4-14(8-15)17-18(25)23-7-2-1-6-16(23)24(19(17)26)11-13-9-21-12-22-10-13/h1-10,12H,11H2/p+1. The average Bonchev–Trinajstić information content (AvgIpc) is 2.66. The number of pyridine rings is 1. The first-order valence-corrected chi connectivity index (χ1v) is 8.29. The molecular weight excluding hydrogens is 352 g/mol. The van der Waals surface area contributed by atoms with Gasteiger partial charge in [-0.3, -0.25) is 0 Å². The second-order valence-corrected chi connectivity index (χ2v) is 6.21. The molecular formula is C19H14ClN4O2+. The lowest BCUT2D eigenvalue weighted by Gasteiger charge is -2.10. The molecule has 0 fully saturated rings. The van der Waals surface area contributed by atoms with Gasteiger partial charge in [-0.25, -0.2) is 14.8 Å². The summed E-state index contributed by atoms with van der Waals surface area (Å²) >= 11 is 6.07. The molecule has 3 aromatic heterocycles. The molecule has 1 aromatic carbocycles. The predicted molar refractivity (Wildman–Crippen MR) is 97.1 cm³/mol. The lowest BCUT2D eigenvalue weighted by Crippen LogP contribution is -2.41. The van der Waals surface area contributed by atoms with E-state index >= 15 is 0 Å². The number of aromatic nitrogens is 4. The third kappa shape index (κ3) is 2.80. The molecule has 1 N–H and O–H groups in total. The number of hydrogen-bond acceptors (Lipinski definition) is 4. The summed E-state index contributed by atoms with van der Waals surface area (Å²) in [7, 11) is 0. The van der Waals surface area contributed by atoms with Crippen LogP contribution in [-0.2, 0) is 6.54 Å². The van der Waals surface area contributed by atoms with Crippen molar-refractivity contribution in [3.05, 3.63) is 88.3 Å². The molecule has 26 heavy (non-hydrogen) atoms. The highest BCUT2D eigenvalue weighted by Crippen LogP contribution is 2.25. The summed E-state index contributed by atoms with van der Waals surface area (Å²) in [6.45, 7) is 0.314. The van der Waals surface area contributed by atoms with Gasteiger partial charge in [-0.05, 0) is 23.8 Å². The Bertz CT molecular complexity index is 1160. The molecule has 0 saturated carbocycles. The van der Waals surface area contributed by atoms with Crippen LogP contribution in [0.25, 0.3) is 16.8 Å². The summed E-state index contributed by atoms with van der Waals surface area (Å²) in [5.74, 6) is -0.132. The maximum Gasteiger partial charge on any atom is 0.354 e. The molecule has 0 unspecified atom stereocenters. The van der Waals surface area contributed by atoms with Crippen LogP contribution in [0.4, 0.5) is 0 Å². The van der Waals surface area contributed by atoms with E-state index in [1.807, 2.05) is 6.07 Å². The molecule has 128 valence electrons. The van der Waals surface area contributed by atoms with E-state index in [2.05, 4.69) is 9.97 Å². The molecule has 0 aliphatic rings. The highest BCUT2D eigenvalue weighted by atomic mass is 35.5. The van der Waals surface area contributed by atoms with Crippen molar-refractivity contribution < 1.29 is 9.67 Å². The van der Waals surface area contributed by atoms with E-state index < -0.39 is 0 Å². The van der Waals surface area contributed by atoms with Crippen molar-refractivity contribution in [2.45, 2.75) is 6.54 Å². The average molecular weight is 366 g/mol. The third-order valence-electron chi connectivity index (χ3n) is 4.09. The van der Waals surface area contributed by atoms with Gasteiger partial charge in [0.25, 0.3) is 11.5 Å². The minimum Gasteiger partial charge on any atom is -0.477 e. The van der Waals surface area contributed by atoms with Gasteiger partial charge in [-0.15, -0.1) is 0 Å². The van der Waals surface area contributed by atoms with Crippen molar-refractivity contribution in [1.29, 1.82) is 0 Å². The number of hydrogen-bond donors (Lipinski definition) is 1. The summed E-state index contributed by atoms with van der Waals surface area (Å²) in [6, 6.07) is 12.2. The van der Waals surface area contributed by atoms with Gasteiger partial charge in [0, 0.05) is 29.0 Å². The van der Waals surface area contributed by atoms with Crippen LogP contribution in [0.1, 0.15) is 5.56 Å². The minimum atomic E-state index is -0.319. The quantitative estimate of drug-likeness (QED) is 0.566. The Morgan fingerprint density at radius 2 is 1.92 bits per heavy atom. The maximum absolute atomic E-state index is 13.0. The summed E-state index contributed by atoms with van der Waals surface area (Å²) in [6.07, 6.45) is 6.45. The van der Waals surface area contributed by atoms with Crippen LogP contribution >= 0.6 is 11.6 Å². The molecule has 7 heteroatoms. The van der Waals surface area contributed by atoms with Gasteiger partial charge in [0.2, 0.25) is 0 Å². The number of rotatable bonds is 3. The zero-order valence-corrected chi connectivity index (χ0v) is 14.3. The molecule has 4 aromatic rings. The van der Waals surface area contributed by atoms with E-state index in [0.717, 1.165) is 5.56 Å². The van der Waals surface area contributed by atoms with Gasteiger partial charge in [0.05, 0.1) is 6.20 Å². The lowest BCUT2D eigenvalue weighted by molar-refractivity contribution is -0.671. The molecule has 0 aliphatic heterocycles. The van der Waals surface area contributed by atoms with Gasteiger partial charge >= 0.3 is 5.56 Å². The van der Waals surface area contributed by atoms with Gasteiger partial charge < -0.3 is 5.11 Å².